The first kappa shape index (κ1) is 21.3. The number of benzene rings is 1. The van der Waals surface area contributed by atoms with Gasteiger partial charge in [-0.05, 0) is 44.7 Å². The Balaban J connectivity index is 2.04. The van der Waals surface area contributed by atoms with Crippen LogP contribution < -0.4 is 5.73 Å². The second-order valence-electron chi connectivity index (χ2n) is 8.35. The molecule has 1 aromatic carbocycles. The fourth-order valence-electron chi connectivity index (χ4n) is 3.84. The highest BCUT2D eigenvalue weighted by atomic mass is 32.1. The molecular formula is C22H28N2O4S. The fourth-order valence-corrected chi connectivity index (χ4v) is 5.04. The zero-order valence-corrected chi connectivity index (χ0v) is 18.1. The average Bonchev–Trinajstić information content (AvgIpc) is 2.95. The van der Waals surface area contributed by atoms with Crippen LogP contribution >= 0.6 is 11.3 Å². The number of ether oxygens (including phenoxy) is 1. The molecule has 2 heterocycles. The standard InChI is InChI=1S/C22H28N2O4S/c1-5-14-11-15-16(21(27)28-22(2,3)4)19(23)29-18(15)17(20(25)26)24(14)12-13-9-7-6-8-10-13/h6-10,14,17H,5,11-12,23H2,1-4H3,(H,25,26). The van der Waals surface area contributed by atoms with Crippen molar-refractivity contribution >= 4 is 28.3 Å². The van der Waals surface area contributed by atoms with Gasteiger partial charge >= 0.3 is 11.9 Å². The monoisotopic (exact) mass is 416 g/mol. The van der Waals surface area contributed by atoms with Crippen LogP contribution in [-0.4, -0.2) is 33.6 Å². The number of nitrogens with zero attached hydrogens (tertiary/aromatic N) is 1. The lowest BCUT2D eigenvalue weighted by Gasteiger charge is -2.40. The summed E-state index contributed by atoms with van der Waals surface area (Å²) in [7, 11) is 0. The lowest BCUT2D eigenvalue weighted by molar-refractivity contribution is -0.145. The van der Waals surface area contributed by atoms with Crippen molar-refractivity contribution in [3.05, 3.63) is 51.9 Å². The van der Waals surface area contributed by atoms with Gasteiger partial charge in [-0.25, -0.2) is 4.79 Å². The second kappa shape index (κ2) is 8.16. The molecule has 1 aromatic heterocycles. The minimum absolute atomic E-state index is 0.0148. The van der Waals surface area contributed by atoms with Gasteiger partial charge in [-0.1, -0.05) is 37.3 Å². The number of esters is 1. The Labute approximate surface area is 175 Å². The summed E-state index contributed by atoms with van der Waals surface area (Å²) >= 11 is 1.19. The number of carbonyl (C=O) groups excluding carboxylic acids is 1. The van der Waals surface area contributed by atoms with Gasteiger partial charge in [0.1, 0.15) is 16.6 Å². The highest BCUT2D eigenvalue weighted by molar-refractivity contribution is 7.16. The summed E-state index contributed by atoms with van der Waals surface area (Å²) in [6, 6.07) is 8.98. The molecule has 0 aliphatic carbocycles. The molecule has 0 bridgehead atoms. The third-order valence-corrected chi connectivity index (χ3v) is 6.18. The van der Waals surface area contributed by atoms with E-state index >= 15 is 0 Å². The van der Waals surface area contributed by atoms with E-state index in [9.17, 15) is 14.7 Å². The quantitative estimate of drug-likeness (QED) is 0.708. The highest BCUT2D eigenvalue weighted by Gasteiger charge is 2.42. The van der Waals surface area contributed by atoms with E-state index in [0.717, 1.165) is 17.5 Å². The number of nitrogen functional groups attached to an aromatic ring is 1. The number of carbonyl (C=O) groups is 2. The van der Waals surface area contributed by atoms with Gasteiger partial charge in [-0.3, -0.25) is 9.69 Å². The Morgan fingerprint density at radius 2 is 1.93 bits per heavy atom. The first-order valence-electron chi connectivity index (χ1n) is 9.79. The molecule has 0 radical (unpaired) electrons. The summed E-state index contributed by atoms with van der Waals surface area (Å²) in [5, 5.41) is 10.4. The van der Waals surface area contributed by atoms with Gasteiger partial charge in [0.05, 0.1) is 5.56 Å². The molecule has 0 amide bonds. The van der Waals surface area contributed by atoms with E-state index in [1.165, 1.54) is 11.3 Å². The van der Waals surface area contributed by atoms with Crippen LogP contribution in [-0.2, 0) is 22.5 Å². The fraction of sp³-hybridized carbons (Fsp3) is 0.455. The number of rotatable bonds is 5. The van der Waals surface area contributed by atoms with Gasteiger partial charge in [-0.2, -0.15) is 0 Å². The number of aliphatic carboxylic acids is 1. The van der Waals surface area contributed by atoms with Crippen molar-refractivity contribution < 1.29 is 19.4 Å². The van der Waals surface area contributed by atoms with Crippen LogP contribution in [0.15, 0.2) is 30.3 Å². The molecule has 1 aliphatic rings. The zero-order chi connectivity index (χ0) is 21.3. The Morgan fingerprint density at radius 3 is 2.48 bits per heavy atom. The number of carboxylic acids is 1. The molecule has 2 aromatic rings. The molecule has 0 saturated carbocycles. The van der Waals surface area contributed by atoms with E-state index in [1.807, 2.05) is 42.2 Å². The minimum Gasteiger partial charge on any atom is -0.480 e. The van der Waals surface area contributed by atoms with E-state index in [-0.39, 0.29) is 6.04 Å². The number of fused-ring (bicyclic) bond motifs is 1. The van der Waals surface area contributed by atoms with E-state index in [4.69, 9.17) is 10.5 Å². The lowest BCUT2D eigenvalue weighted by Crippen LogP contribution is -2.45. The summed E-state index contributed by atoms with van der Waals surface area (Å²) in [6.07, 6.45) is 1.34. The van der Waals surface area contributed by atoms with Crippen molar-refractivity contribution in [3.63, 3.8) is 0 Å². The van der Waals surface area contributed by atoms with Crippen LogP contribution in [0, 0.1) is 0 Å². The highest BCUT2D eigenvalue weighted by Crippen LogP contribution is 2.44. The maximum absolute atomic E-state index is 12.8. The normalized spacial score (nSPS) is 19.6. The molecule has 3 rings (SSSR count). The second-order valence-corrected chi connectivity index (χ2v) is 9.43. The van der Waals surface area contributed by atoms with Crippen molar-refractivity contribution in [1.82, 2.24) is 4.90 Å². The molecule has 0 fully saturated rings. The molecule has 2 unspecified atom stereocenters. The first-order chi connectivity index (χ1) is 13.6. The molecule has 1 aliphatic heterocycles. The maximum Gasteiger partial charge on any atom is 0.341 e. The molecule has 7 heteroatoms. The number of hydrogen-bond acceptors (Lipinski definition) is 6. The van der Waals surface area contributed by atoms with Crippen LogP contribution in [0.1, 0.15) is 66.5 Å². The summed E-state index contributed by atoms with van der Waals surface area (Å²) in [5.41, 5.74) is 7.66. The molecule has 0 saturated heterocycles. The topological polar surface area (TPSA) is 92.9 Å². The SMILES string of the molecule is CCC1Cc2c(sc(N)c2C(=O)OC(C)(C)C)C(C(=O)O)N1Cc1ccccc1. The van der Waals surface area contributed by atoms with E-state index in [1.54, 1.807) is 20.8 Å². The minimum atomic E-state index is -0.933. The molecule has 2 atom stereocenters. The predicted octanol–water partition coefficient (Wildman–Crippen LogP) is 4.25. The van der Waals surface area contributed by atoms with E-state index < -0.39 is 23.6 Å². The van der Waals surface area contributed by atoms with Crippen molar-refractivity contribution in [1.29, 1.82) is 0 Å². The van der Waals surface area contributed by atoms with E-state index in [2.05, 4.69) is 0 Å². The van der Waals surface area contributed by atoms with Gasteiger partial charge in [0.25, 0.3) is 0 Å². The van der Waals surface area contributed by atoms with Gasteiger partial charge in [0.15, 0.2) is 0 Å². The third kappa shape index (κ3) is 4.46. The van der Waals surface area contributed by atoms with Crippen LogP contribution in [0.5, 0.6) is 0 Å². The Kier molecular flexibility index (Phi) is 6.00. The van der Waals surface area contributed by atoms with E-state index in [0.29, 0.717) is 28.4 Å². The summed E-state index contributed by atoms with van der Waals surface area (Å²) in [6.45, 7) is 7.97. The van der Waals surface area contributed by atoms with Crippen LogP contribution in [0.25, 0.3) is 0 Å². The Morgan fingerprint density at radius 1 is 1.28 bits per heavy atom. The number of nitrogens with two attached hydrogens (primary N) is 1. The maximum atomic E-state index is 12.8. The largest absolute Gasteiger partial charge is 0.480 e. The molecule has 6 nitrogen and oxygen atoms in total. The first-order valence-corrected chi connectivity index (χ1v) is 10.6. The summed E-state index contributed by atoms with van der Waals surface area (Å²) < 4.78 is 5.54. The van der Waals surface area contributed by atoms with Gasteiger partial charge < -0.3 is 15.6 Å². The van der Waals surface area contributed by atoms with Gasteiger partial charge in [0, 0.05) is 17.5 Å². The summed E-state index contributed by atoms with van der Waals surface area (Å²) in [4.78, 5) is 27.8. The van der Waals surface area contributed by atoms with Crippen molar-refractivity contribution in [3.8, 4) is 0 Å². The number of carboxylic acid groups (broad SMARTS) is 1. The number of anilines is 1. The predicted molar refractivity (Wildman–Crippen MR) is 114 cm³/mol. The summed E-state index contributed by atoms with van der Waals surface area (Å²) in [5.74, 6) is -1.42. The van der Waals surface area contributed by atoms with Gasteiger partial charge in [0.2, 0.25) is 0 Å². The third-order valence-electron chi connectivity index (χ3n) is 5.07. The average molecular weight is 417 g/mol. The van der Waals surface area contributed by atoms with Crippen molar-refractivity contribution in [2.45, 2.75) is 64.8 Å². The lowest BCUT2D eigenvalue weighted by atomic mass is 9.89. The molecule has 3 N–H and O–H groups in total. The molecule has 0 spiro atoms. The van der Waals surface area contributed by atoms with Crippen LogP contribution in [0.4, 0.5) is 5.00 Å². The van der Waals surface area contributed by atoms with Crippen molar-refractivity contribution in [2.75, 3.05) is 5.73 Å². The molecular weight excluding hydrogens is 388 g/mol. The van der Waals surface area contributed by atoms with Crippen LogP contribution in [0.3, 0.4) is 0 Å². The Bertz CT molecular complexity index is 902. The number of thiophene rings is 1. The van der Waals surface area contributed by atoms with Gasteiger partial charge in [-0.15, -0.1) is 11.3 Å². The smallest absolute Gasteiger partial charge is 0.341 e. The zero-order valence-electron chi connectivity index (χ0n) is 17.3. The number of hydrogen-bond donors (Lipinski definition) is 2. The van der Waals surface area contributed by atoms with Crippen molar-refractivity contribution in [2.24, 2.45) is 0 Å². The molecule has 29 heavy (non-hydrogen) atoms. The Hall–Kier alpha value is -2.38. The molecule has 156 valence electrons. The van der Waals surface area contributed by atoms with Crippen LogP contribution in [0.2, 0.25) is 0 Å².